The standard InChI is InChI=1S/C24H28F2/c1-3-5-7-9-17-11-12-18-14-21-15-19(10-8-6-4-2)23(25)24(26)22(21)16-20(18)13-17/h11-16H,3-10H2,1-2H3. The zero-order chi connectivity index (χ0) is 18.5. The molecular formula is C24H28F2. The Kier molecular flexibility index (Phi) is 6.24. The minimum absolute atomic E-state index is 0.389. The van der Waals surface area contributed by atoms with Gasteiger partial charge in [0.15, 0.2) is 11.6 Å². The highest BCUT2D eigenvalue weighted by Crippen LogP contribution is 2.30. The van der Waals surface area contributed by atoms with Crippen LogP contribution in [0.15, 0.2) is 36.4 Å². The maximum atomic E-state index is 14.7. The van der Waals surface area contributed by atoms with Crippen molar-refractivity contribution in [2.75, 3.05) is 0 Å². The number of fused-ring (bicyclic) bond motifs is 2. The lowest BCUT2D eigenvalue weighted by Crippen LogP contribution is -1.97. The first kappa shape index (κ1) is 18.8. The van der Waals surface area contributed by atoms with E-state index in [4.69, 9.17) is 0 Å². The van der Waals surface area contributed by atoms with Crippen molar-refractivity contribution in [3.8, 4) is 0 Å². The molecule has 3 rings (SSSR count). The van der Waals surface area contributed by atoms with E-state index in [1.165, 1.54) is 24.8 Å². The number of hydrogen-bond acceptors (Lipinski definition) is 0. The second-order valence-electron chi connectivity index (χ2n) is 7.33. The molecule has 26 heavy (non-hydrogen) atoms. The van der Waals surface area contributed by atoms with E-state index in [2.05, 4.69) is 32.0 Å². The molecule has 0 saturated heterocycles. The average Bonchev–Trinajstić information content (AvgIpc) is 2.65. The number of aryl methyl sites for hydroxylation is 2. The molecule has 0 spiro atoms. The number of rotatable bonds is 8. The van der Waals surface area contributed by atoms with Crippen LogP contribution in [0.5, 0.6) is 0 Å². The summed E-state index contributed by atoms with van der Waals surface area (Å²) in [4.78, 5) is 0. The molecule has 0 aliphatic heterocycles. The van der Waals surface area contributed by atoms with Crippen LogP contribution in [0.2, 0.25) is 0 Å². The van der Waals surface area contributed by atoms with E-state index in [0.717, 1.165) is 41.8 Å². The maximum Gasteiger partial charge on any atom is 0.166 e. The number of benzene rings is 3. The van der Waals surface area contributed by atoms with E-state index in [9.17, 15) is 8.78 Å². The Balaban J connectivity index is 1.99. The fourth-order valence-electron chi connectivity index (χ4n) is 3.67. The van der Waals surface area contributed by atoms with Gasteiger partial charge < -0.3 is 0 Å². The van der Waals surface area contributed by atoms with Gasteiger partial charge in [-0.1, -0.05) is 57.7 Å². The quantitative estimate of drug-likeness (QED) is 0.287. The lowest BCUT2D eigenvalue weighted by atomic mass is 9.96. The molecule has 0 radical (unpaired) electrons. The van der Waals surface area contributed by atoms with Crippen LogP contribution in [0, 0.1) is 11.6 Å². The summed E-state index contributed by atoms with van der Waals surface area (Å²) in [5.74, 6) is -1.38. The number of halogens is 2. The largest absolute Gasteiger partial charge is 0.203 e. The molecule has 2 heteroatoms. The Labute approximate surface area is 155 Å². The van der Waals surface area contributed by atoms with Gasteiger partial charge in [-0.2, -0.15) is 0 Å². The Morgan fingerprint density at radius 3 is 2.12 bits per heavy atom. The fraction of sp³-hybridized carbons (Fsp3) is 0.417. The van der Waals surface area contributed by atoms with Gasteiger partial charge in [-0.3, -0.25) is 0 Å². The molecular weight excluding hydrogens is 326 g/mol. The minimum Gasteiger partial charge on any atom is -0.203 e. The Hall–Kier alpha value is -1.96. The minimum atomic E-state index is -0.702. The van der Waals surface area contributed by atoms with Crippen LogP contribution >= 0.6 is 0 Å². The Bertz CT molecular complexity index is 896. The third-order valence-electron chi connectivity index (χ3n) is 5.23. The molecule has 0 nitrogen and oxygen atoms in total. The third-order valence-corrected chi connectivity index (χ3v) is 5.23. The molecule has 0 N–H and O–H groups in total. The highest BCUT2D eigenvalue weighted by atomic mass is 19.2. The van der Waals surface area contributed by atoms with E-state index < -0.39 is 11.6 Å². The van der Waals surface area contributed by atoms with Gasteiger partial charge in [-0.15, -0.1) is 0 Å². The summed E-state index contributed by atoms with van der Waals surface area (Å²) >= 11 is 0. The van der Waals surface area contributed by atoms with Gasteiger partial charge in [-0.25, -0.2) is 8.78 Å². The molecule has 138 valence electrons. The molecule has 3 aromatic carbocycles. The van der Waals surface area contributed by atoms with Crippen molar-refractivity contribution >= 4 is 21.5 Å². The van der Waals surface area contributed by atoms with E-state index in [1.807, 2.05) is 18.2 Å². The fourth-order valence-corrected chi connectivity index (χ4v) is 3.67. The van der Waals surface area contributed by atoms with Gasteiger partial charge in [0.25, 0.3) is 0 Å². The van der Waals surface area contributed by atoms with Crippen LogP contribution in [-0.4, -0.2) is 0 Å². The summed E-state index contributed by atoms with van der Waals surface area (Å²) in [6.45, 7) is 4.31. The van der Waals surface area contributed by atoms with Crippen LogP contribution in [0.1, 0.15) is 63.5 Å². The van der Waals surface area contributed by atoms with Crippen molar-refractivity contribution in [2.45, 2.75) is 65.2 Å². The normalized spacial score (nSPS) is 11.5. The number of hydrogen-bond donors (Lipinski definition) is 0. The first-order valence-electron chi connectivity index (χ1n) is 9.97. The highest BCUT2D eigenvalue weighted by Gasteiger charge is 2.14. The van der Waals surface area contributed by atoms with Crippen LogP contribution in [0.4, 0.5) is 8.78 Å². The van der Waals surface area contributed by atoms with E-state index in [-0.39, 0.29) is 0 Å². The van der Waals surface area contributed by atoms with Crippen LogP contribution in [-0.2, 0) is 12.8 Å². The van der Waals surface area contributed by atoms with Crippen LogP contribution in [0.3, 0.4) is 0 Å². The van der Waals surface area contributed by atoms with Crippen molar-refractivity contribution in [1.82, 2.24) is 0 Å². The van der Waals surface area contributed by atoms with Gasteiger partial charge in [0, 0.05) is 5.39 Å². The Morgan fingerprint density at radius 1 is 0.654 bits per heavy atom. The predicted octanol–water partition coefficient (Wildman–Crippen LogP) is 7.74. The van der Waals surface area contributed by atoms with Gasteiger partial charge in [-0.05, 0) is 71.2 Å². The monoisotopic (exact) mass is 354 g/mol. The molecule has 0 atom stereocenters. The molecule has 0 amide bonds. The SMILES string of the molecule is CCCCCc1ccc2cc3cc(CCCCC)c(F)c(F)c3cc2c1. The van der Waals surface area contributed by atoms with Crippen molar-refractivity contribution in [3.05, 3.63) is 59.2 Å². The van der Waals surface area contributed by atoms with Crippen molar-refractivity contribution in [2.24, 2.45) is 0 Å². The van der Waals surface area contributed by atoms with E-state index in [1.54, 1.807) is 0 Å². The van der Waals surface area contributed by atoms with Gasteiger partial charge in [0.1, 0.15) is 0 Å². The van der Waals surface area contributed by atoms with Crippen molar-refractivity contribution in [3.63, 3.8) is 0 Å². The third kappa shape index (κ3) is 4.06. The zero-order valence-corrected chi connectivity index (χ0v) is 15.9. The molecule has 0 aromatic heterocycles. The lowest BCUT2D eigenvalue weighted by Gasteiger charge is -2.10. The molecule has 3 aromatic rings. The highest BCUT2D eigenvalue weighted by molar-refractivity contribution is 5.99. The Morgan fingerprint density at radius 2 is 1.38 bits per heavy atom. The van der Waals surface area contributed by atoms with Gasteiger partial charge >= 0.3 is 0 Å². The summed E-state index contributed by atoms with van der Waals surface area (Å²) in [5, 5.41) is 3.26. The smallest absolute Gasteiger partial charge is 0.166 e. The average molecular weight is 354 g/mol. The summed E-state index contributed by atoms with van der Waals surface area (Å²) in [5.41, 5.74) is 1.77. The molecule has 0 heterocycles. The van der Waals surface area contributed by atoms with Gasteiger partial charge in [0.2, 0.25) is 0 Å². The summed E-state index contributed by atoms with van der Waals surface area (Å²) < 4.78 is 29.1. The molecule has 0 fully saturated rings. The molecule has 0 aliphatic rings. The van der Waals surface area contributed by atoms with Crippen molar-refractivity contribution in [1.29, 1.82) is 0 Å². The second kappa shape index (κ2) is 8.62. The van der Waals surface area contributed by atoms with Gasteiger partial charge in [0.05, 0.1) is 0 Å². The summed E-state index contributed by atoms with van der Waals surface area (Å²) in [6, 6.07) is 12.0. The maximum absolute atomic E-state index is 14.7. The first-order chi connectivity index (χ1) is 12.6. The topological polar surface area (TPSA) is 0 Å². The molecule has 0 bridgehead atoms. The van der Waals surface area contributed by atoms with E-state index >= 15 is 0 Å². The predicted molar refractivity (Wildman–Crippen MR) is 108 cm³/mol. The number of unbranched alkanes of at least 4 members (excludes halogenated alkanes) is 4. The zero-order valence-electron chi connectivity index (χ0n) is 15.9. The summed E-state index contributed by atoms with van der Waals surface area (Å²) in [7, 11) is 0. The summed E-state index contributed by atoms with van der Waals surface area (Å²) in [6.07, 6.45) is 8.23. The van der Waals surface area contributed by atoms with Crippen LogP contribution in [0.25, 0.3) is 21.5 Å². The van der Waals surface area contributed by atoms with E-state index in [0.29, 0.717) is 17.4 Å². The second-order valence-corrected chi connectivity index (χ2v) is 7.33. The molecule has 0 unspecified atom stereocenters. The lowest BCUT2D eigenvalue weighted by molar-refractivity contribution is 0.504. The molecule has 0 aliphatic carbocycles. The molecule has 0 saturated carbocycles. The van der Waals surface area contributed by atoms with Crippen molar-refractivity contribution < 1.29 is 8.78 Å². The van der Waals surface area contributed by atoms with Crippen LogP contribution < -0.4 is 0 Å². The first-order valence-corrected chi connectivity index (χ1v) is 9.97.